The topological polar surface area (TPSA) is 94.1 Å². The fourth-order valence-electron chi connectivity index (χ4n) is 5.47. The zero-order chi connectivity index (χ0) is 25.1. The molecule has 186 valence electrons. The average Bonchev–Trinajstić information content (AvgIpc) is 3.29. The van der Waals surface area contributed by atoms with Crippen LogP contribution in [0.3, 0.4) is 0 Å². The summed E-state index contributed by atoms with van der Waals surface area (Å²) in [5.41, 5.74) is 0.791. The lowest BCUT2D eigenvalue weighted by Gasteiger charge is -2.38. The average molecular weight is 483 g/mol. The molecule has 2 aliphatic heterocycles. The van der Waals surface area contributed by atoms with Gasteiger partial charge in [0.1, 0.15) is 17.4 Å². The van der Waals surface area contributed by atoms with Crippen molar-refractivity contribution in [3.05, 3.63) is 60.0 Å². The summed E-state index contributed by atoms with van der Waals surface area (Å²) in [5, 5.41) is 9.77. The van der Waals surface area contributed by atoms with Crippen molar-refractivity contribution >= 4 is 23.6 Å². The molecule has 2 amide bonds. The van der Waals surface area contributed by atoms with Gasteiger partial charge in [-0.1, -0.05) is 18.2 Å². The molecule has 2 aromatic rings. The van der Waals surface area contributed by atoms with Crippen LogP contribution in [0.1, 0.15) is 31.7 Å². The molecule has 2 aliphatic rings. The summed E-state index contributed by atoms with van der Waals surface area (Å²) >= 11 is 0. The van der Waals surface area contributed by atoms with Crippen LogP contribution in [0.25, 0.3) is 0 Å². The van der Waals surface area contributed by atoms with Gasteiger partial charge in [0.15, 0.2) is 0 Å². The molecule has 3 heterocycles. The number of halogens is 1. The van der Waals surface area contributed by atoms with Crippen molar-refractivity contribution in [2.75, 3.05) is 37.6 Å². The fraction of sp³-hybridized carbons (Fsp3) is 0.462. The zero-order valence-electron chi connectivity index (χ0n) is 20.0. The Bertz CT molecular complexity index is 1060. The van der Waals surface area contributed by atoms with E-state index in [1.54, 1.807) is 30.2 Å². The van der Waals surface area contributed by atoms with E-state index < -0.39 is 24.0 Å². The Morgan fingerprint density at radius 3 is 2.43 bits per heavy atom. The summed E-state index contributed by atoms with van der Waals surface area (Å²) in [6, 6.07) is 11.2. The van der Waals surface area contributed by atoms with Gasteiger partial charge in [0.2, 0.25) is 5.91 Å². The zero-order valence-corrected chi connectivity index (χ0v) is 20.0. The highest BCUT2D eigenvalue weighted by atomic mass is 19.1. The number of nitrogens with zero attached hydrogens (tertiary/aromatic N) is 4. The highest BCUT2D eigenvalue weighted by Gasteiger charge is 2.45. The van der Waals surface area contributed by atoms with E-state index in [9.17, 15) is 23.9 Å². The maximum Gasteiger partial charge on any atom is 0.407 e. The Hall–Kier alpha value is -3.49. The molecule has 1 aromatic carbocycles. The molecule has 0 saturated carbocycles. The number of benzene rings is 1. The van der Waals surface area contributed by atoms with E-state index in [0.29, 0.717) is 26.1 Å². The van der Waals surface area contributed by atoms with Gasteiger partial charge >= 0.3 is 6.09 Å². The molecule has 0 aliphatic carbocycles. The lowest BCUT2D eigenvalue weighted by atomic mass is 9.82. The van der Waals surface area contributed by atoms with Crippen LogP contribution >= 0.6 is 0 Å². The fourth-order valence-corrected chi connectivity index (χ4v) is 5.47. The number of aromatic nitrogens is 1. The van der Waals surface area contributed by atoms with Gasteiger partial charge < -0.3 is 19.8 Å². The molecule has 0 bridgehead atoms. The number of carbonyl (C=O) groups excluding carboxylic acids is 2. The first-order chi connectivity index (χ1) is 16.8. The van der Waals surface area contributed by atoms with Crippen LogP contribution in [-0.4, -0.2) is 76.4 Å². The van der Waals surface area contributed by atoms with Crippen molar-refractivity contribution in [3.8, 4) is 0 Å². The molecule has 8 nitrogen and oxygen atoms in total. The number of piperidine rings is 1. The predicted molar refractivity (Wildman–Crippen MR) is 129 cm³/mol. The maximum absolute atomic E-state index is 13.7. The number of hydrogen-bond donors (Lipinski definition) is 1. The second-order valence-electron chi connectivity index (χ2n) is 9.28. The molecule has 9 heteroatoms. The number of hydrogen-bond acceptors (Lipinski definition) is 5. The van der Waals surface area contributed by atoms with Crippen molar-refractivity contribution < 1.29 is 23.9 Å². The van der Waals surface area contributed by atoms with Crippen molar-refractivity contribution in [2.24, 2.45) is 11.8 Å². The summed E-state index contributed by atoms with van der Waals surface area (Å²) in [6.07, 6.45) is 1.17. The van der Waals surface area contributed by atoms with Gasteiger partial charge in [-0.3, -0.25) is 9.59 Å². The number of carboxylic acid groups (broad SMARTS) is 1. The van der Waals surface area contributed by atoms with E-state index in [4.69, 9.17) is 0 Å². The minimum Gasteiger partial charge on any atom is -0.465 e. The summed E-state index contributed by atoms with van der Waals surface area (Å²) in [6.45, 7) is 5.14. The van der Waals surface area contributed by atoms with Crippen LogP contribution in [0.4, 0.5) is 15.0 Å². The standard InChI is InChI=1S/C26H31FN4O4/c1-3-31(26(34)35)23-16-30(15-22(23)18-7-9-19(27)10-8-18)25(33)20-11-13-29(14-21(20)17(2)32)24-6-4-5-12-28-24/h4-10,12,20-23H,3,11,13-16H2,1-2H3,(H,34,35)/t20?,21?,22-,23+/m0/s1. The Labute approximate surface area is 204 Å². The summed E-state index contributed by atoms with van der Waals surface area (Å²) in [5.74, 6) is -0.978. The van der Waals surface area contributed by atoms with Gasteiger partial charge in [0.05, 0.1) is 12.0 Å². The predicted octanol–water partition coefficient (Wildman–Crippen LogP) is 3.25. The Kier molecular flexibility index (Phi) is 7.33. The molecule has 35 heavy (non-hydrogen) atoms. The molecule has 1 N–H and O–H groups in total. The first-order valence-corrected chi connectivity index (χ1v) is 12.0. The van der Waals surface area contributed by atoms with E-state index in [0.717, 1.165) is 11.4 Å². The third kappa shape index (κ3) is 5.13. The molecule has 2 fully saturated rings. The van der Waals surface area contributed by atoms with Gasteiger partial charge in [-0.2, -0.15) is 0 Å². The number of carbonyl (C=O) groups is 3. The van der Waals surface area contributed by atoms with Crippen LogP contribution in [0.2, 0.25) is 0 Å². The first-order valence-electron chi connectivity index (χ1n) is 12.0. The quantitative estimate of drug-likeness (QED) is 0.679. The lowest BCUT2D eigenvalue weighted by Crippen LogP contribution is -2.50. The highest BCUT2D eigenvalue weighted by molar-refractivity contribution is 5.89. The highest BCUT2D eigenvalue weighted by Crippen LogP contribution is 2.35. The van der Waals surface area contributed by atoms with Crippen LogP contribution in [0.5, 0.6) is 0 Å². The monoisotopic (exact) mass is 482 g/mol. The number of anilines is 1. The molecule has 1 aromatic heterocycles. The number of Topliss-reactive ketones (excluding diaryl/α,β-unsaturated/α-hetero) is 1. The second-order valence-corrected chi connectivity index (χ2v) is 9.28. The maximum atomic E-state index is 13.7. The molecule has 4 rings (SSSR count). The van der Waals surface area contributed by atoms with Gasteiger partial charge in [-0.05, 0) is 50.1 Å². The smallest absolute Gasteiger partial charge is 0.407 e. The van der Waals surface area contributed by atoms with Crippen LogP contribution in [0, 0.1) is 17.7 Å². The Balaban J connectivity index is 1.56. The minimum absolute atomic E-state index is 0.0458. The van der Waals surface area contributed by atoms with Crippen LogP contribution < -0.4 is 4.90 Å². The van der Waals surface area contributed by atoms with Crippen molar-refractivity contribution in [3.63, 3.8) is 0 Å². The number of ketones is 1. The minimum atomic E-state index is -1.05. The Morgan fingerprint density at radius 1 is 1.09 bits per heavy atom. The van der Waals surface area contributed by atoms with E-state index >= 15 is 0 Å². The third-order valence-corrected chi connectivity index (χ3v) is 7.31. The molecule has 4 atom stereocenters. The molecular formula is C26H31FN4O4. The first kappa shape index (κ1) is 24.6. The number of rotatable bonds is 6. The summed E-state index contributed by atoms with van der Waals surface area (Å²) in [7, 11) is 0. The molecule has 2 saturated heterocycles. The Morgan fingerprint density at radius 2 is 1.83 bits per heavy atom. The summed E-state index contributed by atoms with van der Waals surface area (Å²) in [4.78, 5) is 47.7. The van der Waals surface area contributed by atoms with Gasteiger partial charge in [-0.15, -0.1) is 0 Å². The van der Waals surface area contributed by atoms with Crippen LogP contribution in [-0.2, 0) is 9.59 Å². The van der Waals surface area contributed by atoms with E-state index in [-0.39, 0.29) is 36.5 Å². The van der Waals surface area contributed by atoms with E-state index in [2.05, 4.69) is 4.98 Å². The van der Waals surface area contributed by atoms with Crippen molar-refractivity contribution in [1.29, 1.82) is 0 Å². The summed E-state index contributed by atoms with van der Waals surface area (Å²) < 4.78 is 13.5. The molecule has 0 spiro atoms. The van der Waals surface area contributed by atoms with Crippen molar-refractivity contribution in [2.45, 2.75) is 32.2 Å². The number of likely N-dealkylation sites (tertiary alicyclic amines) is 1. The lowest BCUT2D eigenvalue weighted by molar-refractivity contribution is -0.140. The van der Waals surface area contributed by atoms with Gasteiger partial charge in [0, 0.05) is 50.8 Å². The number of pyridine rings is 1. The van der Waals surface area contributed by atoms with Gasteiger partial charge in [0.25, 0.3) is 0 Å². The SMILES string of the molecule is CCN(C(=O)O)[C@@H]1CN(C(=O)C2CCN(c3ccccn3)CC2C(C)=O)C[C@H]1c1ccc(F)cc1. The molecular weight excluding hydrogens is 451 g/mol. The number of amides is 2. The van der Waals surface area contributed by atoms with Crippen LogP contribution in [0.15, 0.2) is 48.7 Å². The number of likely N-dealkylation sites (N-methyl/N-ethyl adjacent to an activating group) is 1. The van der Waals surface area contributed by atoms with Crippen molar-refractivity contribution in [1.82, 2.24) is 14.8 Å². The largest absolute Gasteiger partial charge is 0.465 e. The van der Waals surface area contributed by atoms with E-state index in [1.165, 1.54) is 24.0 Å². The third-order valence-electron chi connectivity index (χ3n) is 7.31. The molecule has 0 radical (unpaired) electrons. The molecule has 2 unspecified atom stereocenters. The second kappa shape index (κ2) is 10.4. The van der Waals surface area contributed by atoms with Gasteiger partial charge in [-0.25, -0.2) is 14.2 Å². The normalized spacial score (nSPS) is 24.3. The van der Waals surface area contributed by atoms with E-state index in [1.807, 2.05) is 23.1 Å².